The second kappa shape index (κ2) is 5.50. The normalized spacial score (nSPS) is 15.9. The van der Waals surface area contributed by atoms with E-state index < -0.39 is 0 Å². The van der Waals surface area contributed by atoms with E-state index in [1.807, 2.05) is 0 Å². The first-order valence-electron chi connectivity index (χ1n) is 6.32. The predicted octanol–water partition coefficient (Wildman–Crippen LogP) is 3.56. The highest BCUT2D eigenvalue weighted by Gasteiger charge is 2.28. The fourth-order valence-corrected chi connectivity index (χ4v) is 1.58. The minimum Gasteiger partial charge on any atom is -0.374 e. The number of hydrogen-bond donors (Lipinski definition) is 0. The van der Waals surface area contributed by atoms with E-state index in [0.717, 1.165) is 6.61 Å². The molecule has 0 aromatic heterocycles. The Morgan fingerprint density at radius 3 is 1.69 bits per heavy atom. The van der Waals surface area contributed by atoms with Gasteiger partial charge in [-0.3, -0.25) is 4.90 Å². The minimum absolute atomic E-state index is 0.0497. The average Bonchev–Trinajstić information content (AvgIpc) is 1.99. The van der Waals surface area contributed by atoms with Crippen molar-refractivity contribution in [3.8, 4) is 0 Å². The molecule has 0 heterocycles. The van der Waals surface area contributed by atoms with Gasteiger partial charge in [-0.25, -0.2) is 0 Å². The van der Waals surface area contributed by atoms with Gasteiger partial charge in [-0.1, -0.05) is 13.8 Å². The average molecular weight is 229 g/mol. The third-order valence-electron chi connectivity index (χ3n) is 3.01. The first kappa shape index (κ1) is 15.9. The van der Waals surface area contributed by atoms with Crippen molar-refractivity contribution >= 4 is 0 Å². The molecule has 0 rings (SSSR count). The molecule has 0 N–H and O–H groups in total. The zero-order valence-electron chi connectivity index (χ0n) is 12.7. The van der Waals surface area contributed by atoms with Crippen molar-refractivity contribution in [2.75, 3.05) is 13.7 Å². The summed E-state index contributed by atoms with van der Waals surface area (Å²) in [5.41, 5.74) is 0.141. The first-order valence-corrected chi connectivity index (χ1v) is 6.32. The van der Waals surface area contributed by atoms with Gasteiger partial charge in [0.1, 0.15) is 0 Å². The van der Waals surface area contributed by atoms with Crippen LogP contribution in [0.3, 0.4) is 0 Å². The maximum absolute atomic E-state index is 5.93. The Kier molecular flexibility index (Phi) is 5.48. The molecule has 0 aromatic rings. The van der Waals surface area contributed by atoms with Gasteiger partial charge in [0.2, 0.25) is 0 Å². The highest BCUT2D eigenvalue weighted by Crippen LogP contribution is 2.21. The van der Waals surface area contributed by atoms with Crippen molar-refractivity contribution in [1.29, 1.82) is 0 Å². The Bertz CT molecular complexity index is 198. The van der Waals surface area contributed by atoms with Crippen molar-refractivity contribution in [3.05, 3.63) is 0 Å². The third-order valence-corrected chi connectivity index (χ3v) is 3.01. The van der Waals surface area contributed by atoms with Crippen molar-refractivity contribution < 1.29 is 4.74 Å². The van der Waals surface area contributed by atoms with E-state index in [-0.39, 0.29) is 11.1 Å². The molecule has 0 aliphatic heterocycles. The number of rotatable bonds is 4. The summed E-state index contributed by atoms with van der Waals surface area (Å²) >= 11 is 0. The molecule has 0 aliphatic rings. The molecule has 1 unspecified atom stereocenters. The maximum atomic E-state index is 5.93. The fraction of sp³-hybridized carbons (Fsp3) is 1.00. The van der Waals surface area contributed by atoms with Crippen LogP contribution in [0.5, 0.6) is 0 Å². The summed E-state index contributed by atoms with van der Waals surface area (Å²) in [6.07, 6.45) is 0. The van der Waals surface area contributed by atoms with E-state index in [2.05, 4.69) is 67.3 Å². The summed E-state index contributed by atoms with van der Waals surface area (Å²) in [7, 11) is 2.19. The van der Waals surface area contributed by atoms with Gasteiger partial charge in [0.15, 0.2) is 0 Å². The highest BCUT2D eigenvalue weighted by molar-refractivity contribution is 4.82. The van der Waals surface area contributed by atoms with Gasteiger partial charge >= 0.3 is 0 Å². The van der Waals surface area contributed by atoms with E-state index in [4.69, 9.17) is 4.74 Å². The molecule has 0 spiro atoms. The lowest BCUT2D eigenvalue weighted by Gasteiger charge is -2.41. The molecule has 0 saturated heterocycles. The Hall–Kier alpha value is -0.0800. The van der Waals surface area contributed by atoms with E-state index in [1.165, 1.54) is 0 Å². The summed E-state index contributed by atoms with van der Waals surface area (Å²) in [6.45, 7) is 18.4. The standard InChI is InChI=1S/C14H31NO/c1-11(2)12(10-16-14(6,7)8)15(9)13(3,4)5/h11-12H,10H2,1-9H3. The molecule has 0 saturated carbocycles. The Balaban J connectivity index is 4.52. The van der Waals surface area contributed by atoms with Gasteiger partial charge < -0.3 is 4.74 Å². The molecule has 0 fully saturated rings. The number of hydrogen-bond acceptors (Lipinski definition) is 2. The highest BCUT2D eigenvalue weighted by atomic mass is 16.5. The topological polar surface area (TPSA) is 12.5 Å². The number of nitrogens with zero attached hydrogens (tertiary/aromatic N) is 1. The lowest BCUT2D eigenvalue weighted by molar-refractivity contribution is -0.0554. The molecule has 0 amide bonds. The van der Waals surface area contributed by atoms with Gasteiger partial charge in [0, 0.05) is 11.6 Å². The van der Waals surface area contributed by atoms with Gasteiger partial charge in [-0.2, -0.15) is 0 Å². The monoisotopic (exact) mass is 229 g/mol. The second-order valence-electron chi connectivity index (χ2n) is 7.02. The van der Waals surface area contributed by atoms with Gasteiger partial charge in [-0.15, -0.1) is 0 Å². The summed E-state index contributed by atoms with van der Waals surface area (Å²) in [4.78, 5) is 2.42. The van der Waals surface area contributed by atoms with Crippen LogP contribution in [-0.4, -0.2) is 35.7 Å². The van der Waals surface area contributed by atoms with Crippen LogP contribution in [-0.2, 0) is 4.74 Å². The van der Waals surface area contributed by atoms with Gasteiger partial charge in [0.05, 0.1) is 12.2 Å². The minimum atomic E-state index is -0.0497. The summed E-state index contributed by atoms with van der Waals surface area (Å²) in [6, 6.07) is 0.472. The third kappa shape index (κ3) is 5.86. The zero-order valence-corrected chi connectivity index (χ0v) is 12.7. The van der Waals surface area contributed by atoms with Gasteiger partial charge in [0.25, 0.3) is 0 Å². The predicted molar refractivity (Wildman–Crippen MR) is 71.8 cm³/mol. The van der Waals surface area contributed by atoms with Crippen LogP contribution in [0.25, 0.3) is 0 Å². The lowest BCUT2D eigenvalue weighted by Crippen LogP contribution is -2.50. The van der Waals surface area contributed by atoms with E-state index in [9.17, 15) is 0 Å². The largest absolute Gasteiger partial charge is 0.374 e. The van der Waals surface area contributed by atoms with Crippen molar-refractivity contribution in [1.82, 2.24) is 4.90 Å². The zero-order chi connectivity index (χ0) is 13.1. The molecule has 2 nitrogen and oxygen atoms in total. The molecule has 2 heteroatoms. The summed E-state index contributed by atoms with van der Waals surface area (Å²) < 4.78 is 5.93. The van der Waals surface area contributed by atoms with Crippen LogP contribution in [0.2, 0.25) is 0 Å². The van der Waals surface area contributed by atoms with Crippen LogP contribution in [0.15, 0.2) is 0 Å². The molecule has 0 aromatic carbocycles. The first-order chi connectivity index (χ1) is 6.95. The smallest absolute Gasteiger partial charge is 0.0631 e. The summed E-state index contributed by atoms with van der Waals surface area (Å²) in [5.74, 6) is 0.603. The van der Waals surface area contributed by atoms with E-state index in [1.54, 1.807) is 0 Å². The molecular weight excluding hydrogens is 198 g/mol. The fourth-order valence-electron chi connectivity index (χ4n) is 1.58. The Morgan fingerprint density at radius 2 is 1.44 bits per heavy atom. The number of ether oxygens (including phenoxy) is 1. The molecule has 0 radical (unpaired) electrons. The van der Waals surface area contributed by atoms with Crippen molar-refractivity contribution in [3.63, 3.8) is 0 Å². The van der Waals surface area contributed by atoms with Crippen molar-refractivity contribution in [2.24, 2.45) is 5.92 Å². The van der Waals surface area contributed by atoms with Crippen LogP contribution in [0, 0.1) is 5.92 Å². The molecule has 0 aliphatic carbocycles. The maximum Gasteiger partial charge on any atom is 0.0631 e. The molecule has 16 heavy (non-hydrogen) atoms. The Labute approximate surface area is 102 Å². The molecule has 0 bridgehead atoms. The molecule has 1 atom stereocenters. The summed E-state index contributed by atoms with van der Waals surface area (Å²) in [5, 5.41) is 0. The van der Waals surface area contributed by atoms with Crippen LogP contribution >= 0.6 is 0 Å². The molecule has 98 valence electrons. The van der Waals surface area contributed by atoms with E-state index >= 15 is 0 Å². The van der Waals surface area contributed by atoms with E-state index in [0.29, 0.717) is 12.0 Å². The van der Waals surface area contributed by atoms with Crippen molar-refractivity contribution in [2.45, 2.75) is 72.6 Å². The SMILES string of the molecule is CC(C)C(COC(C)(C)C)N(C)C(C)(C)C. The van der Waals surface area contributed by atoms with Crippen LogP contribution < -0.4 is 0 Å². The second-order valence-corrected chi connectivity index (χ2v) is 7.02. The quantitative estimate of drug-likeness (QED) is 0.731. The number of likely N-dealkylation sites (N-methyl/N-ethyl adjacent to an activating group) is 1. The lowest BCUT2D eigenvalue weighted by atomic mass is 9.97. The molecular formula is C14H31NO. The Morgan fingerprint density at radius 1 is 1.00 bits per heavy atom. The van der Waals surface area contributed by atoms with Gasteiger partial charge in [-0.05, 0) is 54.5 Å². The van der Waals surface area contributed by atoms with Crippen LogP contribution in [0.4, 0.5) is 0 Å². The van der Waals surface area contributed by atoms with Crippen LogP contribution in [0.1, 0.15) is 55.4 Å².